The van der Waals surface area contributed by atoms with Crippen molar-refractivity contribution in [3.63, 3.8) is 0 Å². The number of hydrogen-bond donors (Lipinski definition) is 0. The molecule has 0 amide bonds. The molecule has 1 aromatic rings. The summed E-state index contributed by atoms with van der Waals surface area (Å²) in [6.07, 6.45) is 5.64. The van der Waals surface area contributed by atoms with Gasteiger partial charge < -0.3 is 4.52 Å². The summed E-state index contributed by atoms with van der Waals surface area (Å²) >= 11 is 0. The van der Waals surface area contributed by atoms with Gasteiger partial charge in [0.25, 0.3) is 0 Å². The molecule has 7 heteroatoms. The van der Waals surface area contributed by atoms with Crippen LogP contribution in [0.4, 0.5) is 0 Å². The monoisotopic (exact) mass is 264 g/mol. The zero-order valence-corrected chi connectivity index (χ0v) is 10.3. The predicted octanol–water partition coefficient (Wildman–Crippen LogP) is 2.19. The molecule has 5 nitrogen and oxygen atoms in total. The van der Waals surface area contributed by atoms with Crippen molar-refractivity contribution in [2.75, 3.05) is 0 Å². The third kappa shape index (κ3) is 3.18. The minimum atomic E-state index is -3.61. The average molecular weight is 265 g/mol. The van der Waals surface area contributed by atoms with Crippen LogP contribution >= 0.6 is 10.7 Å². The van der Waals surface area contributed by atoms with Crippen molar-refractivity contribution in [1.82, 2.24) is 10.1 Å². The number of halogens is 1. The van der Waals surface area contributed by atoms with Crippen LogP contribution in [0.25, 0.3) is 0 Å². The van der Waals surface area contributed by atoms with Crippen molar-refractivity contribution in [2.24, 2.45) is 0 Å². The SMILES string of the molecule is O=S(=O)(Cl)Cc1noc(C2CCCCC2)n1. The molecule has 1 aromatic heterocycles. The number of rotatable bonds is 3. The van der Waals surface area contributed by atoms with Crippen molar-refractivity contribution < 1.29 is 12.9 Å². The van der Waals surface area contributed by atoms with E-state index in [9.17, 15) is 8.42 Å². The van der Waals surface area contributed by atoms with E-state index in [0.29, 0.717) is 5.89 Å². The predicted molar refractivity (Wildman–Crippen MR) is 58.6 cm³/mol. The second kappa shape index (κ2) is 4.71. The molecule has 1 aliphatic rings. The Balaban J connectivity index is 2.06. The molecule has 1 heterocycles. The van der Waals surface area contributed by atoms with Crippen molar-refractivity contribution >= 4 is 19.7 Å². The highest BCUT2D eigenvalue weighted by atomic mass is 35.7. The second-order valence-electron chi connectivity index (χ2n) is 4.07. The Morgan fingerprint density at radius 3 is 2.62 bits per heavy atom. The normalized spacial score (nSPS) is 18.8. The highest BCUT2D eigenvalue weighted by Crippen LogP contribution is 2.31. The van der Waals surface area contributed by atoms with Gasteiger partial charge in [0.05, 0.1) is 0 Å². The van der Waals surface area contributed by atoms with Gasteiger partial charge >= 0.3 is 0 Å². The lowest BCUT2D eigenvalue weighted by Gasteiger charge is -2.17. The van der Waals surface area contributed by atoms with Crippen molar-refractivity contribution in [3.05, 3.63) is 11.7 Å². The van der Waals surface area contributed by atoms with Gasteiger partial charge in [-0.1, -0.05) is 24.4 Å². The molecule has 1 fully saturated rings. The zero-order chi connectivity index (χ0) is 11.6. The van der Waals surface area contributed by atoms with E-state index < -0.39 is 9.05 Å². The third-order valence-corrected chi connectivity index (χ3v) is 3.67. The molecule has 0 radical (unpaired) electrons. The molecule has 0 aliphatic heterocycles. The smallest absolute Gasteiger partial charge is 0.240 e. The minimum Gasteiger partial charge on any atom is -0.339 e. The molecule has 2 rings (SSSR count). The first kappa shape index (κ1) is 11.9. The molecule has 0 atom stereocenters. The van der Waals surface area contributed by atoms with E-state index in [1.807, 2.05) is 0 Å². The van der Waals surface area contributed by atoms with E-state index in [4.69, 9.17) is 15.2 Å². The van der Waals surface area contributed by atoms with E-state index in [1.165, 1.54) is 6.42 Å². The van der Waals surface area contributed by atoms with E-state index in [-0.39, 0.29) is 17.5 Å². The molecule has 90 valence electrons. The Labute approximate surface area is 98.6 Å². The fraction of sp³-hybridized carbons (Fsp3) is 0.778. The molecule has 1 saturated carbocycles. The summed E-state index contributed by atoms with van der Waals surface area (Å²) in [5.41, 5.74) is 0. The Bertz CT molecular complexity index is 451. The first-order chi connectivity index (χ1) is 7.54. The number of nitrogens with zero attached hydrogens (tertiary/aromatic N) is 2. The standard InChI is InChI=1S/C9H13ClN2O3S/c10-16(13,14)6-8-11-9(15-12-8)7-4-2-1-3-5-7/h7H,1-6H2. The van der Waals surface area contributed by atoms with Gasteiger partial charge in [0, 0.05) is 16.6 Å². The van der Waals surface area contributed by atoms with Crippen LogP contribution < -0.4 is 0 Å². The fourth-order valence-electron chi connectivity index (χ4n) is 2.00. The van der Waals surface area contributed by atoms with Gasteiger partial charge in [0.1, 0.15) is 5.75 Å². The van der Waals surface area contributed by atoms with Gasteiger partial charge in [0.2, 0.25) is 14.9 Å². The molecular weight excluding hydrogens is 252 g/mol. The van der Waals surface area contributed by atoms with E-state index in [0.717, 1.165) is 25.7 Å². The second-order valence-corrected chi connectivity index (χ2v) is 6.84. The van der Waals surface area contributed by atoms with Crippen LogP contribution in [0.15, 0.2) is 4.52 Å². The van der Waals surface area contributed by atoms with Crippen molar-refractivity contribution in [3.8, 4) is 0 Å². The van der Waals surface area contributed by atoms with Crippen LogP contribution in [0.1, 0.15) is 49.7 Å². The summed E-state index contributed by atoms with van der Waals surface area (Å²) in [6.45, 7) is 0. The molecule has 16 heavy (non-hydrogen) atoms. The highest BCUT2D eigenvalue weighted by molar-refractivity contribution is 8.13. The van der Waals surface area contributed by atoms with Crippen LogP contribution in [0.2, 0.25) is 0 Å². The molecular formula is C9H13ClN2O3S. The summed E-state index contributed by atoms with van der Waals surface area (Å²) in [6, 6.07) is 0. The minimum absolute atomic E-state index is 0.149. The maximum absolute atomic E-state index is 10.8. The van der Waals surface area contributed by atoms with Gasteiger partial charge in [-0.05, 0) is 12.8 Å². The quantitative estimate of drug-likeness (QED) is 0.783. The maximum Gasteiger partial charge on any atom is 0.240 e. The van der Waals surface area contributed by atoms with Gasteiger partial charge in [0.15, 0.2) is 5.82 Å². The Morgan fingerprint density at radius 2 is 2.00 bits per heavy atom. The molecule has 0 bridgehead atoms. The van der Waals surface area contributed by atoms with Crippen molar-refractivity contribution in [1.29, 1.82) is 0 Å². The van der Waals surface area contributed by atoms with E-state index in [1.54, 1.807) is 0 Å². The maximum atomic E-state index is 10.8. The summed E-state index contributed by atoms with van der Waals surface area (Å²) in [7, 11) is 1.51. The first-order valence-corrected chi connectivity index (χ1v) is 7.77. The van der Waals surface area contributed by atoms with Crippen LogP contribution in [-0.4, -0.2) is 18.6 Å². The first-order valence-electron chi connectivity index (χ1n) is 5.29. The molecule has 0 N–H and O–H groups in total. The summed E-state index contributed by atoms with van der Waals surface area (Å²) in [5.74, 6) is 0.615. The molecule has 1 aliphatic carbocycles. The lowest BCUT2D eigenvalue weighted by Crippen LogP contribution is -2.05. The largest absolute Gasteiger partial charge is 0.339 e. The number of hydrogen-bond acceptors (Lipinski definition) is 5. The van der Waals surface area contributed by atoms with Gasteiger partial charge in [-0.3, -0.25) is 0 Å². The topological polar surface area (TPSA) is 73.1 Å². The van der Waals surface area contributed by atoms with Crippen LogP contribution in [0.3, 0.4) is 0 Å². The Morgan fingerprint density at radius 1 is 1.31 bits per heavy atom. The lowest BCUT2D eigenvalue weighted by molar-refractivity contribution is 0.312. The Kier molecular flexibility index (Phi) is 3.49. The molecule has 0 spiro atoms. The van der Waals surface area contributed by atoms with Gasteiger partial charge in [-0.25, -0.2) is 8.42 Å². The molecule has 0 saturated heterocycles. The van der Waals surface area contributed by atoms with Crippen LogP contribution in [-0.2, 0) is 14.8 Å². The molecule has 0 aromatic carbocycles. The summed E-state index contributed by atoms with van der Waals surface area (Å²) in [5, 5.41) is 3.63. The Hall–Kier alpha value is -0.620. The summed E-state index contributed by atoms with van der Waals surface area (Å²) < 4.78 is 26.7. The van der Waals surface area contributed by atoms with Gasteiger partial charge in [-0.15, -0.1) is 0 Å². The van der Waals surface area contributed by atoms with Crippen LogP contribution in [0, 0.1) is 0 Å². The fourth-order valence-corrected chi connectivity index (χ4v) is 2.71. The zero-order valence-electron chi connectivity index (χ0n) is 8.73. The summed E-state index contributed by atoms with van der Waals surface area (Å²) in [4.78, 5) is 4.08. The van der Waals surface area contributed by atoms with E-state index >= 15 is 0 Å². The van der Waals surface area contributed by atoms with E-state index in [2.05, 4.69) is 10.1 Å². The third-order valence-electron chi connectivity index (χ3n) is 2.74. The molecule has 0 unspecified atom stereocenters. The van der Waals surface area contributed by atoms with Crippen LogP contribution in [0.5, 0.6) is 0 Å². The lowest BCUT2D eigenvalue weighted by atomic mass is 9.89. The highest BCUT2D eigenvalue weighted by Gasteiger charge is 2.22. The number of aromatic nitrogens is 2. The van der Waals surface area contributed by atoms with Crippen molar-refractivity contribution in [2.45, 2.75) is 43.8 Å². The van der Waals surface area contributed by atoms with Gasteiger partial charge in [-0.2, -0.15) is 4.98 Å². The average Bonchev–Trinajstić information content (AvgIpc) is 2.65.